The van der Waals surface area contributed by atoms with Crippen molar-refractivity contribution in [2.75, 3.05) is 13.7 Å². The fourth-order valence-electron chi connectivity index (χ4n) is 2.42. The largest absolute Gasteiger partial charge is 0.493 e. The van der Waals surface area contributed by atoms with Crippen molar-refractivity contribution in [3.05, 3.63) is 50.2 Å². The number of hydrogen-bond donors (Lipinski definition) is 1. The number of nitro benzene ring substituents is 1. The first-order valence-electron chi connectivity index (χ1n) is 7.77. The van der Waals surface area contributed by atoms with Crippen molar-refractivity contribution in [2.24, 2.45) is 0 Å². The molecule has 0 aliphatic rings. The number of hydrogen-bond acceptors (Lipinski definition) is 6. The van der Waals surface area contributed by atoms with Crippen molar-refractivity contribution in [3.63, 3.8) is 0 Å². The summed E-state index contributed by atoms with van der Waals surface area (Å²) in [7, 11) is 1.42. The Kier molecular flexibility index (Phi) is 6.35. The number of nitro groups is 1. The van der Waals surface area contributed by atoms with E-state index in [2.05, 4.69) is 5.32 Å². The molecule has 0 aliphatic heterocycles. The van der Waals surface area contributed by atoms with E-state index in [1.165, 1.54) is 19.2 Å². The molecule has 8 heteroatoms. The van der Waals surface area contributed by atoms with Crippen LogP contribution in [0.2, 0.25) is 0 Å². The topological polar surface area (TPSA) is 90.7 Å². The Labute approximate surface area is 149 Å². The molecule has 25 heavy (non-hydrogen) atoms. The summed E-state index contributed by atoms with van der Waals surface area (Å²) in [6.07, 6.45) is 0.650. The van der Waals surface area contributed by atoms with E-state index >= 15 is 0 Å². The van der Waals surface area contributed by atoms with Gasteiger partial charge in [0.2, 0.25) is 0 Å². The first kappa shape index (κ1) is 18.7. The molecule has 0 saturated heterocycles. The summed E-state index contributed by atoms with van der Waals surface area (Å²) in [4.78, 5) is 23.3. The van der Waals surface area contributed by atoms with Crippen LogP contribution in [0.3, 0.4) is 0 Å². The summed E-state index contributed by atoms with van der Waals surface area (Å²) in [5, 5.41) is 18.1. The van der Waals surface area contributed by atoms with Crippen molar-refractivity contribution >= 4 is 22.9 Å². The number of nitrogens with zero attached hydrogens (tertiary/aromatic N) is 1. The van der Waals surface area contributed by atoms with Crippen molar-refractivity contribution in [3.8, 4) is 11.5 Å². The Hall–Kier alpha value is -2.61. The van der Waals surface area contributed by atoms with Gasteiger partial charge in [0, 0.05) is 12.1 Å². The number of amides is 1. The average molecular weight is 364 g/mol. The molecule has 1 unspecified atom stereocenters. The molecule has 0 fully saturated rings. The Balaban J connectivity index is 2.26. The molecule has 1 atom stereocenters. The van der Waals surface area contributed by atoms with Gasteiger partial charge in [-0.1, -0.05) is 0 Å². The average Bonchev–Trinajstić information content (AvgIpc) is 3.07. The highest BCUT2D eigenvalue weighted by atomic mass is 32.1. The predicted octanol–water partition coefficient (Wildman–Crippen LogP) is 3.42. The highest BCUT2D eigenvalue weighted by Gasteiger charge is 2.25. The predicted molar refractivity (Wildman–Crippen MR) is 95.8 cm³/mol. The number of rotatable bonds is 8. The molecule has 2 rings (SSSR count). The lowest BCUT2D eigenvalue weighted by Crippen LogP contribution is -2.34. The van der Waals surface area contributed by atoms with Crippen LogP contribution in [0.5, 0.6) is 11.5 Å². The molecule has 0 radical (unpaired) electrons. The SMILES string of the molecule is CCOc1cc([N+](=O)[O-])c(C(=O)NC(C)Cc2ccsc2)cc1OC. The molecule has 1 amide bonds. The molecule has 1 aromatic heterocycles. The zero-order valence-corrected chi connectivity index (χ0v) is 15.1. The molecule has 0 bridgehead atoms. The summed E-state index contributed by atoms with van der Waals surface area (Å²) in [5.74, 6) is -0.00145. The van der Waals surface area contributed by atoms with Gasteiger partial charge in [-0.15, -0.1) is 0 Å². The second kappa shape index (κ2) is 8.48. The van der Waals surface area contributed by atoms with Gasteiger partial charge in [-0.05, 0) is 42.7 Å². The standard InChI is InChI=1S/C17H20N2O5S/c1-4-24-16-9-14(19(21)22)13(8-15(16)23-3)17(20)18-11(2)7-12-5-6-25-10-12/h5-6,8-11H,4,7H2,1-3H3,(H,18,20). The summed E-state index contributed by atoms with van der Waals surface area (Å²) in [6.45, 7) is 3.95. The van der Waals surface area contributed by atoms with Crippen LogP contribution in [0.4, 0.5) is 5.69 Å². The molecule has 0 aliphatic carbocycles. The second-order valence-corrected chi connectivity index (χ2v) is 6.20. The van der Waals surface area contributed by atoms with Gasteiger partial charge in [-0.3, -0.25) is 14.9 Å². The second-order valence-electron chi connectivity index (χ2n) is 5.42. The highest BCUT2D eigenvalue weighted by Crippen LogP contribution is 2.34. The lowest BCUT2D eigenvalue weighted by atomic mass is 10.1. The minimum Gasteiger partial charge on any atom is -0.493 e. The Morgan fingerprint density at radius 3 is 2.72 bits per heavy atom. The van der Waals surface area contributed by atoms with Crippen molar-refractivity contribution in [1.82, 2.24) is 5.32 Å². The summed E-state index contributed by atoms with van der Waals surface area (Å²) in [5.41, 5.74) is 0.739. The number of methoxy groups -OCH3 is 1. The monoisotopic (exact) mass is 364 g/mol. The van der Waals surface area contributed by atoms with Gasteiger partial charge in [-0.2, -0.15) is 11.3 Å². The van der Waals surface area contributed by atoms with Gasteiger partial charge in [0.1, 0.15) is 5.56 Å². The molecule has 1 heterocycles. The molecular formula is C17H20N2O5S. The number of carbonyl (C=O) groups is 1. The minimum atomic E-state index is -0.597. The molecule has 1 N–H and O–H groups in total. The van der Waals surface area contributed by atoms with Crippen molar-refractivity contribution in [2.45, 2.75) is 26.3 Å². The first-order chi connectivity index (χ1) is 12.0. The van der Waals surface area contributed by atoms with Crippen LogP contribution >= 0.6 is 11.3 Å². The van der Waals surface area contributed by atoms with E-state index in [0.29, 0.717) is 13.0 Å². The number of carbonyl (C=O) groups excluding carboxylic acids is 1. The van der Waals surface area contributed by atoms with Crippen LogP contribution in [0.25, 0.3) is 0 Å². The lowest BCUT2D eigenvalue weighted by Gasteiger charge is -2.15. The van der Waals surface area contributed by atoms with E-state index in [4.69, 9.17) is 9.47 Å². The quantitative estimate of drug-likeness (QED) is 0.572. The van der Waals surface area contributed by atoms with Gasteiger partial charge in [0.15, 0.2) is 11.5 Å². The van der Waals surface area contributed by atoms with Gasteiger partial charge in [0.05, 0.1) is 24.7 Å². The fourth-order valence-corrected chi connectivity index (χ4v) is 3.11. The number of thiophene rings is 1. The number of nitrogens with one attached hydrogen (secondary N) is 1. The van der Waals surface area contributed by atoms with Crippen LogP contribution in [0, 0.1) is 10.1 Å². The zero-order valence-electron chi connectivity index (χ0n) is 14.3. The zero-order chi connectivity index (χ0) is 18.4. The Morgan fingerprint density at radius 1 is 1.40 bits per heavy atom. The van der Waals surface area contributed by atoms with E-state index in [1.807, 2.05) is 23.8 Å². The summed E-state index contributed by atoms with van der Waals surface area (Å²) < 4.78 is 10.5. The molecule has 0 spiro atoms. The Morgan fingerprint density at radius 2 is 2.16 bits per heavy atom. The van der Waals surface area contributed by atoms with Gasteiger partial charge in [0.25, 0.3) is 11.6 Å². The van der Waals surface area contributed by atoms with Crippen LogP contribution in [0.1, 0.15) is 29.8 Å². The van der Waals surface area contributed by atoms with E-state index in [1.54, 1.807) is 18.3 Å². The third kappa shape index (κ3) is 4.69. The molecule has 134 valence electrons. The maximum Gasteiger partial charge on any atom is 0.286 e. The molecule has 7 nitrogen and oxygen atoms in total. The summed E-state index contributed by atoms with van der Waals surface area (Å²) >= 11 is 1.58. The summed E-state index contributed by atoms with van der Waals surface area (Å²) in [6, 6.07) is 4.38. The third-order valence-electron chi connectivity index (χ3n) is 3.52. The third-order valence-corrected chi connectivity index (χ3v) is 4.25. The normalized spacial score (nSPS) is 11.6. The maximum atomic E-state index is 12.5. The molecule has 2 aromatic rings. The Bertz CT molecular complexity index is 746. The van der Waals surface area contributed by atoms with Gasteiger partial charge >= 0.3 is 0 Å². The van der Waals surface area contributed by atoms with Crippen molar-refractivity contribution in [1.29, 1.82) is 0 Å². The number of ether oxygens (including phenoxy) is 2. The van der Waals surface area contributed by atoms with Crippen LogP contribution in [-0.2, 0) is 6.42 Å². The van der Waals surface area contributed by atoms with Gasteiger partial charge in [-0.25, -0.2) is 0 Å². The smallest absolute Gasteiger partial charge is 0.286 e. The van der Waals surface area contributed by atoms with Crippen LogP contribution in [-0.4, -0.2) is 30.6 Å². The molecule has 0 saturated carbocycles. The van der Waals surface area contributed by atoms with E-state index < -0.39 is 10.8 Å². The van der Waals surface area contributed by atoms with Crippen LogP contribution in [0.15, 0.2) is 29.0 Å². The van der Waals surface area contributed by atoms with E-state index in [9.17, 15) is 14.9 Å². The first-order valence-corrected chi connectivity index (χ1v) is 8.71. The molecule has 1 aromatic carbocycles. The fraction of sp³-hybridized carbons (Fsp3) is 0.353. The van der Waals surface area contributed by atoms with Gasteiger partial charge < -0.3 is 14.8 Å². The van der Waals surface area contributed by atoms with Crippen LogP contribution < -0.4 is 14.8 Å². The minimum absolute atomic E-state index is 0.0533. The maximum absolute atomic E-state index is 12.5. The van der Waals surface area contributed by atoms with E-state index in [-0.39, 0.29) is 28.8 Å². The lowest BCUT2D eigenvalue weighted by molar-refractivity contribution is -0.385. The number of benzene rings is 1. The van der Waals surface area contributed by atoms with E-state index in [0.717, 1.165) is 5.56 Å². The highest BCUT2D eigenvalue weighted by molar-refractivity contribution is 7.07. The van der Waals surface area contributed by atoms with Crippen molar-refractivity contribution < 1.29 is 19.2 Å². The molecular weight excluding hydrogens is 344 g/mol.